The van der Waals surface area contributed by atoms with Crippen LogP contribution in [0.1, 0.15) is 28.7 Å². The molecule has 6 nitrogen and oxygen atoms in total. The monoisotopic (exact) mass is 450 g/mol. The molecule has 166 valence electrons. The van der Waals surface area contributed by atoms with E-state index in [4.69, 9.17) is 9.47 Å². The SMILES string of the molecule is CC(=O)Nc1ccc(SCC(=O)c2cc(C)n(C[C@@H]3COc4ccccc4O3)c2C)cc1. The maximum absolute atomic E-state index is 12.9. The highest BCUT2D eigenvalue weighted by molar-refractivity contribution is 8.00. The number of amides is 1. The van der Waals surface area contributed by atoms with Crippen molar-refractivity contribution in [3.8, 4) is 11.5 Å². The van der Waals surface area contributed by atoms with Crippen LogP contribution in [0.15, 0.2) is 59.5 Å². The van der Waals surface area contributed by atoms with Gasteiger partial charge in [-0.25, -0.2) is 0 Å². The van der Waals surface area contributed by atoms with Crippen molar-refractivity contribution < 1.29 is 19.1 Å². The molecule has 1 amide bonds. The summed E-state index contributed by atoms with van der Waals surface area (Å²) in [5, 5.41) is 2.74. The van der Waals surface area contributed by atoms with E-state index >= 15 is 0 Å². The molecule has 0 saturated heterocycles. The van der Waals surface area contributed by atoms with Gasteiger partial charge in [-0.1, -0.05) is 12.1 Å². The van der Waals surface area contributed by atoms with Gasteiger partial charge in [-0.3, -0.25) is 9.59 Å². The third kappa shape index (κ3) is 4.99. The van der Waals surface area contributed by atoms with Crippen molar-refractivity contribution in [2.45, 2.75) is 38.3 Å². The van der Waals surface area contributed by atoms with Crippen LogP contribution >= 0.6 is 11.8 Å². The topological polar surface area (TPSA) is 69.6 Å². The number of benzene rings is 2. The molecule has 4 rings (SSSR count). The number of aromatic nitrogens is 1. The molecule has 0 saturated carbocycles. The van der Waals surface area contributed by atoms with Crippen LogP contribution < -0.4 is 14.8 Å². The molecule has 0 radical (unpaired) electrons. The average molecular weight is 451 g/mol. The number of hydrogen-bond donors (Lipinski definition) is 1. The molecule has 1 aliphatic heterocycles. The fraction of sp³-hybridized carbons (Fsp3) is 0.280. The number of rotatable bonds is 7. The highest BCUT2D eigenvalue weighted by Crippen LogP contribution is 2.32. The van der Waals surface area contributed by atoms with Crippen LogP contribution in [0, 0.1) is 13.8 Å². The molecule has 32 heavy (non-hydrogen) atoms. The number of ether oxygens (including phenoxy) is 2. The van der Waals surface area contributed by atoms with Crippen LogP contribution in [-0.4, -0.2) is 34.7 Å². The van der Waals surface area contributed by atoms with Gasteiger partial charge in [0.15, 0.2) is 23.4 Å². The first kappa shape index (κ1) is 22.0. The summed E-state index contributed by atoms with van der Waals surface area (Å²) in [5.74, 6) is 1.85. The van der Waals surface area contributed by atoms with E-state index in [1.165, 1.54) is 18.7 Å². The largest absolute Gasteiger partial charge is 0.486 e. The minimum atomic E-state index is -0.117. The molecule has 1 aromatic heterocycles. The van der Waals surface area contributed by atoms with Gasteiger partial charge in [0, 0.05) is 34.5 Å². The molecule has 7 heteroatoms. The molecular weight excluding hydrogens is 424 g/mol. The first-order valence-corrected chi connectivity index (χ1v) is 11.5. The third-order valence-electron chi connectivity index (χ3n) is 5.37. The van der Waals surface area contributed by atoms with Crippen molar-refractivity contribution in [1.29, 1.82) is 0 Å². The van der Waals surface area contributed by atoms with Crippen molar-refractivity contribution in [1.82, 2.24) is 4.57 Å². The molecule has 0 unspecified atom stereocenters. The summed E-state index contributed by atoms with van der Waals surface area (Å²) in [6.45, 7) is 6.56. The highest BCUT2D eigenvalue weighted by atomic mass is 32.2. The minimum absolute atomic E-state index is 0.0893. The summed E-state index contributed by atoms with van der Waals surface area (Å²) in [6, 6.07) is 17.1. The Labute approximate surface area is 191 Å². The van der Waals surface area contributed by atoms with Gasteiger partial charge in [0.05, 0.1) is 12.3 Å². The van der Waals surface area contributed by atoms with Crippen LogP contribution in [0.5, 0.6) is 11.5 Å². The molecule has 0 aliphatic carbocycles. The van der Waals surface area contributed by atoms with Gasteiger partial charge in [0.1, 0.15) is 6.61 Å². The standard InChI is InChI=1S/C25H26N2O4S/c1-16-12-22(23(29)15-32-21-10-8-19(9-11-21)26-18(3)28)17(2)27(16)13-20-14-30-24-6-4-5-7-25(24)31-20/h4-12,20H,13-15H2,1-3H3,(H,26,28)/t20-/m1/s1. The fourth-order valence-electron chi connectivity index (χ4n) is 3.79. The Morgan fingerprint density at radius 1 is 1.09 bits per heavy atom. The number of nitrogens with zero attached hydrogens (tertiary/aromatic N) is 1. The molecule has 2 aromatic carbocycles. The van der Waals surface area contributed by atoms with Crippen LogP contribution in [-0.2, 0) is 11.3 Å². The maximum atomic E-state index is 12.9. The van der Waals surface area contributed by atoms with Crippen molar-refractivity contribution in [2.24, 2.45) is 0 Å². The molecule has 3 aromatic rings. The van der Waals surface area contributed by atoms with E-state index < -0.39 is 0 Å². The van der Waals surface area contributed by atoms with Crippen molar-refractivity contribution in [3.05, 3.63) is 71.5 Å². The van der Waals surface area contributed by atoms with E-state index in [0.29, 0.717) is 18.9 Å². The number of fused-ring (bicyclic) bond motifs is 1. The van der Waals surface area contributed by atoms with Gasteiger partial charge in [-0.2, -0.15) is 0 Å². The van der Waals surface area contributed by atoms with Crippen LogP contribution in [0.3, 0.4) is 0 Å². The smallest absolute Gasteiger partial charge is 0.221 e. The first-order valence-electron chi connectivity index (χ1n) is 10.5. The predicted octanol–water partition coefficient (Wildman–Crippen LogP) is 4.88. The van der Waals surface area contributed by atoms with Gasteiger partial charge < -0.3 is 19.4 Å². The molecule has 1 aliphatic rings. The van der Waals surface area contributed by atoms with Gasteiger partial charge in [0.25, 0.3) is 0 Å². The Kier molecular flexibility index (Phi) is 6.55. The second-order valence-electron chi connectivity index (χ2n) is 7.81. The first-order chi connectivity index (χ1) is 15.4. The Hall–Kier alpha value is -3.19. The molecule has 0 bridgehead atoms. The number of anilines is 1. The molecule has 1 atom stereocenters. The number of carbonyl (C=O) groups excluding carboxylic acids is 2. The molecule has 2 heterocycles. The summed E-state index contributed by atoms with van der Waals surface area (Å²) < 4.78 is 14.0. The zero-order valence-electron chi connectivity index (χ0n) is 18.4. The Bertz CT molecular complexity index is 1140. The Morgan fingerprint density at radius 3 is 2.53 bits per heavy atom. The summed E-state index contributed by atoms with van der Waals surface area (Å²) in [7, 11) is 0. The highest BCUT2D eigenvalue weighted by Gasteiger charge is 2.24. The number of aryl methyl sites for hydroxylation is 1. The lowest BCUT2D eigenvalue weighted by Gasteiger charge is -2.27. The third-order valence-corrected chi connectivity index (χ3v) is 6.38. The van der Waals surface area contributed by atoms with E-state index in [1.807, 2.05) is 68.4 Å². The number of thioether (sulfide) groups is 1. The van der Waals surface area contributed by atoms with E-state index in [-0.39, 0.29) is 17.8 Å². The van der Waals surface area contributed by atoms with Crippen LogP contribution in [0.4, 0.5) is 5.69 Å². The number of ketones is 1. The molecular formula is C25H26N2O4S. The minimum Gasteiger partial charge on any atom is -0.486 e. The average Bonchev–Trinajstić information content (AvgIpc) is 3.06. The van der Waals surface area contributed by atoms with E-state index in [0.717, 1.165) is 39.0 Å². The predicted molar refractivity (Wildman–Crippen MR) is 126 cm³/mol. The lowest BCUT2D eigenvalue weighted by Crippen LogP contribution is -2.33. The van der Waals surface area contributed by atoms with Crippen molar-refractivity contribution in [2.75, 3.05) is 17.7 Å². The van der Waals surface area contributed by atoms with Crippen LogP contribution in [0.25, 0.3) is 0 Å². The Balaban J connectivity index is 1.39. The number of hydrogen-bond acceptors (Lipinski definition) is 5. The molecule has 0 spiro atoms. The maximum Gasteiger partial charge on any atom is 0.221 e. The van der Waals surface area contributed by atoms with Gasteiger partial charge in [-0.15, -0.1) is 11.8 Å². The van der Waals surface area contributed by atoms with Crippen molar-refractivity contribution >= 4 is 29.1 Å². The zero-order valence-corrected chi connectivity index (χ0v) is 19.2. The van der Waals surface area contributed by atoms with Gasteiger partial charge >= 0.3 is 0 Å². The van der Waals surface area contributed by atoms with Crippen LogP contribution in [0.2, 0.25) is 0 Å². The zero-order chi connectivity index (χ0) is 22.7. The lowest BCUT2D eigenvalue weighted by atomic mass is 10.2. The summed E-state index contributed by atoms with van der Waals surface area (Å²) in [4.78, 5) is 25.0. The van der Waals surface area contributed by atoms with Crippen molar-refractivity contribution in [3.63, 3.8) is 0 Å². The summed E-state index contributed by atoms with van der Waals surface area (Å²) in [6.07, 6.45) is -0.117. The summed E-state index contributed by atoms with van der Waals surface area (Å²) >= 11 is 1.49. The lowest BCUT2D eigenvalue weighted by molar-refractivity contribution is -0.114. The number of carbonyl (C=O) groups is 2. The van der Waals surface area contributed by atoms with Gasteiger partial charge in [0.2, 0.25) is 5.91 Å². The second kappa shape index (κ2) is 9.53. The quantitative estimate of drug-likeness (QED) is 0.410. The van der Waals surface area contributed by atoms with E-state index in [9.17, 15) is 9.59 Å². The normalized spacial score (nSPS) is 14.8. The summed E-state index contributed by atoms with van der Waals surface area (Å²) in [5.41, 5.74) is 3.45. The number of Topliss-reactive ketones (excluding diaryl/α,β-unsaturated/α-hetero) is 1. The van der Waals surface area contributed by atoms with Gasteiger partial charge in [-0.05, 0) is 56.3 Å². The second-order valence-corrected chi connectivity index (χ2v) is 8.86. The van der Waals surface area contributed by atoms with E-state index in [2.05, 4.69) is 9.88 Å². The van der Waals surface area contributed by atoms with E-state index in [1.54, 1.807) is 0 Å². The molecule has 1 N–H and O–H groups in total. The number of nitrogens with one attached hydrogen (secondary N) is 1. The Morgan fingerprint density at radius 2 is 1.81 bits per heavy atom. The molecule has 0 fully saturated rings. The fourth-order valence-corrected chi connectivity index (χ4v) is 4.57. The number of para-hydroxylation sites is 2.